The number of pyridine rings is 1. The molecule has 2 fully saturated rings. The Hall–Kier alpha value is -5.81. The van der Waals surface area contributed by atoms with E-state index in [1.54, 1.807) is 23.1 Å². The summed E-state index contributed by atoms with van der Waals surface area (Å²) in [5, 5.41) is 22.2. The second-order valence-electron chi connectivity index (χ2n) is 18.0. The van der Waals surface area contributed by atoms with Crippen molar-refractivity contribution in [2.75, 3.05) is 62.6 Å². The van der Waals surface area contributed by atoms with E-state index < -0.39 is 32.5 Å². The summed E-state index contributed by atoms with van der Waals surface area (Å²) in [6.07, 6.45) is 7.07. The second-order valence-corrected chi connectivity index (χ2v) is 20.1. The van der Waals surface area contributed by atoms with E-state index in [4.69, 9.17) is 16.6 Å². The average molecular weight is 909 g/mol. The molecule has 0 radical (unpaired) electrons. The van der Waals surface area contributed by atoms with Gasteiger partial charge in [-0.3, -0.25) is 9.69 Å². The quantitative estimate of drug-likeness (QED) is 0.0815. The van der Waals surface area contributed by atoms with Gasteiger partial charge in [-0.05, 0) is 122 Å². The Labute approximate surface area is 375 Å². The van der Waals surface area contributed by atoms with Crippen LogP contribution in [0, 0.1) is 5.41 Å². The summed E-state index contributed by atoms with van der Waals surface area (Å²) in [4.78, 5) is 38.7. The van der Waals surface area contributed by atoms with Gasteiger partial charge in [-0.15, -0.1) is 0 Å². The zero-order chi connectivity index (χ0) is 44.8. The third kappa shape index (κ3) is 9.09. The first-order valence-electron chi connectivity index (χ1n) is 21.6. The van der Waals surface area contributed by atoms with Crippen molar-refractivity contribution < 1.29 is 27.5 Å². The minimum absolute atomic E-state index is 0.0268. The van der Waals surface area contributed by atoms with E-state index in [1.165, 1.54) is 28.8 Å². The fourth-order valence-electron chi connectivity index (χ4n) is 9.16. The van der Waals surface area contributed by atoms with Crippen LogP contribution < -0.4 is 20.3 Å². The second kappa shape index (κ2) is 17.3. The van der Waals surface area contributed by atoms with E-state index in [-0.39, 0.29) is 41.6 Å². The van der Waals surface area contributed by atoms with Crippen LogP contribution in [-0.2, 0) is 10.0 Å². The van der Waals surface area contributed by atoms with Crippen molar-refractivity contribution in [3.8, 4) is 5.69 Å². The number of carboxylic acid groups (broad SMARTS) is 1. The van der Waals surface area contributed by atoms with E-state index in [9.17, 15) is 23.1 Å². The Morgan fingerprint density at radius 2 is 1.70 bits per heavy atom. The van der Waals surface area contributed by atoms with Gasteiger partial charge in [-0.2, -0.15) is 5.10 Å². The van der Waals surface area contributed by atoms with Crippen LogP contribution in [0.5, 0.6) is 0 Å². The molecule has 5 heterocycles. The first-order valence-corrected chi connectivity index (χ1v) is 23.5. The largest absolute Gasteiger partial charge is 0.478 e. The van der Waals surface area contributed by atoms with Gasteiger partial charge in [0.1, 0.15) is 16.8 Å². The maximum Gasteiger partial charge on any atom is 0.337 e. The van der Waals surface area contributed by atoms with Crippen molar-refractivity contribution in [3.63, 3.8) is 0 Å². The molecule has 64 heavy (non-hydrogen) atoms. The van der Waals surface area contributed by atoms with Crippen molar-refractivity contribution >= 4 is 72.5 Å². The number of piperazine rings is 1. The molecular weight excluding hydrogens is 857 g/mol. The van der Waals surface area contributed by atoms with E-state index >= 15 is 4.39 Å². The van der Waals surface area contributed by atoms with Gasteiger partial charge in [0.15, 0.2) is 0 Å². The zero-order valence-electron chi connectivity index (χ0n) is 35.8. The van der Waals surface area contributed by atoms with Crippen LogP contribution in [-0.4, -0.2) is 108 Å². The molecule has 9 rings (SSSR count). The standard InChI is InChI=1S/C47H51ClFN9O5S/c1-46(2)13-11-32(38(26-46)30-3-5-33(48)6-4-30)28-56-19-21-57(22-20-56)34-7-9-36(41(24-34)58-42-23-31-12-16-51-43(31)54-40(42)27-53-58)44(59)55-64(62,63)35-8-10-39(37(25-35)45(60)61)52-29-47(49)14-17-50-18-15-47/h3-10,12,16,23-25,27,50,52H,11,13-15,17-22,26,28-29H2,1-2H3,(H,51,54)(H,55,59)(H,60,61). The fourth-order valence-corrected chi connectivity index (χ4v) is 10.3. The maximum atomic E-state index is 15.3. The molecule has 3 aromatic heterocycles. The molecular formula is C47H51ClFN9O5S. The van der Waals surface area contributed by atoms with Gasteiger partial charge in [0.25, 0.3) is 15.9 Å². The SMILES string of the molecule is CC1(C)CCC(CN2CCN(c3ccc(C(=O)NS(=O)(=O)c4ccc(NCC5(F)CCNCC5)c(C(=O)O)c4)c(-n4ncc5nc6[nH]ccc6cc54)c3)CC2)=C(c2ccc(Cl)cc2)C1. The highest BCUT2D eigenvalue weighted by Crippen LogP contribution is 2.43. The first-order chi connectivity index (χ1) is 30.6. The highest BCUT2D eigenvalue weighted by Gasteiger charge is 2.33. The van der Waals surface area contributed by atoms with Gasteiger partial charge in [0.2, 0.25) is 0 Å². The molecule has 1 amide bonds. The number of aromatic carboxylic acids is 1. The molecule has 6 aromatic rings. The number of H-pyrrole nitrogens is 1. The number of fused-ring (bicyclic) bond motifs is 2. The summed E-state index contributed by atoms with van der Waals surface area (Å²) in [6.45, 7) is 9.48. The molecule has 0 unspecified atom stereocenters. The molecule has 5 N–H and O–H groups in total. The van der Waals surface area contributed by atoms with Gasteiger partial charge in [-0.25, -0.2) is 32.0 Å². The first kappa shape index (κ1) is 43.4. The van der Waals surface area contributed by atoms with Crippen molar-refractivity contribution in [2.24, 2.45) is 5.41 Å². The molecule has 0 spiro atoms. The highest BCUT2D eigenvalue weighted by atomic mass is 35.5. The number of aromatic nitrogens is 4. The molecule has 14 nitrogen and oxygen atoms in total. The fraction of sp³-hybridized carbons (Fsp3) is 0.362. The minimum Gasteiger partial charge on any atom is -0.478 e. The number of amides is 1. The number of allylic oxidation sites excluding steroid dienone is 1. The van der Waals surface area contributed by atoms with Crippen LogP contribution in [0.2, 0.25) is 5.02 Å². The number of carbonyl (C=O) groups is 2. The smallest absolute Gasteiger partial charge is 0.337 e. The number of hydrogen-bond donors (Lipinski definition) is 5. The lowest BCUT2D eigenvalue weighted by atomic mass is 9.72. The molecule has 334 valence electrons. The van der Waals surface area contributed by atoms with Crippen molar-refractivity contribution in [1.29, 1.82) is 0 Å². The number of hydrogen-bond acceptors (Lipinski definition) is 10. The van der Waals surface area contributed by atoms with Gasteiger partial charge in [0, 0.05) is 67.2 Å². The molecule has 1 aliphatic carbocycles. The Balaban J connectivity index is 0.977. The molecule has 3 aromatic carbocycles. The van der Waals surface area contributed by atoms with Gasteiger partial charge in [0.05, 0.1) is 33.4 Å². The topological polar surface area (TPSA) is 178 Å². The van der Waals surface area contributed by atoms with Gasteiger partial charge < -0.3 is 25.6 Å². The van der Waals surface area contributed by atoms with Gasteiger partial charge in [-0.1, -0.05) is 43.2 Å². The summed E-state index contributed by atoms with van der Waals surface area (Å²) >= 11 is 6.25. The van der Waals surface area contributed by atoms with Crippen LogP contribution in [0.1, 0.15) is 72.2 Å². The average Bonchev–Trinajstić information content (AvgIpc) is 3.92. The number of sulfonamides is 1. The number of alkyl halides is 1. The Kier molecular flexibility index (Phi) is 11.7. The number of carbonyl (C=O) groups excluding carboxylic acids is 1. The van der Waals surface area contributed by atoms with E-state index in [0.29, 0.717) is 35.5 Å². The number of benzene rings is 3. The third-order valence-corrected chi connectivity index (χ3v) is 14.5. The van der Waals surface area contributed by atoms with E-state index in [2.05, 4.69) is 61.2 Å². The maximum absolute atomic E-state index is 15.3. The summed E-state index contributed by atoms with van der Waals surface area (Å²) in [6, 6.07) is 20.6. The molecule has 0 bridgehead atoms. The van der Waals surface area contributed by atoms with Crippen LogP contribution in [0.25, 0.3) is 33.3 Å². The summed E-state index contributed by atoms with van der Waals surface area (Å²) < 4.78 is 46.8. The Morgan fingerprint density at radius 1 is 0.938 bits per heavy atom. The number of nitrogens with one attached hydrogen (secondary N) is 4. The van der Waals surface area contributed by atoms with Gasteiger partial charge >= 0.3 is 5.97 Å². The summed E-state index contributed by atoms with van der Waals surface area (Å²) in [5.41, 5.74) is 5.53. The zero-order valence-corrected chi connectivity index (χ0v) is 37.3. The third-order valence-electron chi connectivity index (χ3n) is 12.9. The minimum atomic E-state index is -4.60. The van der Waals surface area contributed by atoms with E-state index in [0.717, 1.165) is 74.1 Å². The van der Waals surface area contributed by atoms with Crippen LogP contribution in [0.3, 0.4) is 0 Å². The predicted octanol–water partition coefficient (Wildman–Crippen LogP) is 7.66. The number of carboxylic acids is 1. The van der Waals surface area contributed by atoms with E-state index in [1.807, 2.05) is 36.4 Å². The van der Waals surface area contributed by atoms with Crippen molar-refractivity contribution in [2.45, 2.75) is 56.5 Å². The number of halogens is 2. The lowest BCUT2D eigenvalue weighted by molar-refractivity contribution is 0.0696. The molecule has 0 atom stereocenters. The Morgan fingerprint density at radius 3 is 2.45 bits per heavy atom. The molecule has 0 saturated carbocycles. The molecule has 3 aliphatic rings. The number of nitrogens with zero attached hydrogens (tertiary/aromatic N) is 5. The van der Waals surface area contributed by atoms with Crippen molar-refractivity contribution in [1.82, 2.24) is 34.7 Å². The number of rotatable bonds is 12. The molecule has 2 saturated heterocycles. The predicted molar refractivity (Wildman–Crippen MR) is 248 cm³/mol. The number of aromatic amines is 1. The normalized spacial score (nSPS) is 18.1. The monoisotopic (exact) mass is 907 g/mol. The number of piperidine rings is 1. The number of anilines is 2. The summed E-state index contributed by atoms with van der Waals surface area (Å²) in [5.74, 6) is -2.34. The highest BCUT2D eigenvalue weighted by molar-refractivity contribution is 7.90. The van der Waals surface area contributed by atoms with Crippen LogP contribution in [0.4, 0.5) is 15.8 Å². The lowest BCUT2D eigenvalue weighted by Gasteiger charge is -2.39. The van der Waals surface area contributed by atoms with Crippen LogP contribution in [0.15, 0.2) is 95.7 Å². The Bertz CT molecular complexity index is 2900. The molecule has 2 aliphatic heterocycles. The van der Waals surface area contributed by atoms with Crippen molar-refractivity contribution in [3.05, 3.63) is 112 Å². The molecule has 17 heteroatoms. The summed E-state index contributed by atoms with van der Waals surface area (Å²) in [7, 11) is -4.60. The van der Waals surface area contributed by atoms with Crippen LogP contribution >= 0.6 is 11.6 Å². The lowest BCUT2D eigenvalue weighted by Crippen LogP contribution is -2.47.